The molecule has 0 radical (unpaired) electrons. The Morgan fingerprint density at radius 2 is 2.09 bits per heavy atom. The number of nitrogens with two attached hydrogens (primary N) is 1. The van der Waals surface area contributed by atoms with Gasteiger partial charge in [-0.1, -0.05) is 11.6 Å². The van der Waals surface area contributed by atoms with Crippen molar-refractivity contribution in [2.75, 3.05) is 13.7 Å². The molecule has 1 aromatic carbocycles. The van der Waals surface area contributed by atoms with E-state index in [1.165, 1.54) is 16.5 Å². The molecule has 0 saturated heterocycles. The van der Waals surface area contributed by atoms with E-state index in [1.54, 1.807) is 13.3 Å². The Labute approximate surface area is 136 Å². The van der Waals surface area contributed by atoms with E-state index >= 15 is 0 Å². The zero-order valence-corrected chi connectivity index (χ0v) is 13.7. The van der Waals surface area contributed by atoms with E-state index in [-0.39, 0.29) is 0 Å². The van der Waals surface area contributed by atoms with E-state index in [1.807, 2.05) is 6.07 Å². The molecule has 0 atom stereocenters. The molecule has 0 fully saturated rings. The van der Waals surface area contributed by atoms with Crippen LogP contribution in [0, 0.1) is 6.92 Å². The Kier molecular flexibility index (Phi) is 4.63. The first-order chi connectivity index (χ1) is 11.2. The van der Waals surface area contributed by atoms with Gasteiger partial charge in [0.1, 0.15) is 0 Å². The number of H-pyrrole nitrogens is 1. The van der Waals surface area contributed by atoms with Crippen molar-refractivity contribution in [1.29, 1.82) is 0 Å². The van der Waals surface area contributed by atoms with Gasteiger partial charge >= 0.3 is 0 Å². The number of nitrogens with one attached hydrogen (secondary N) is 1. The highest BCUT2D eigenvalue weighted by Gasteiger charge is 2.16. The highest BCUT2D eigenvalue weighted by molar-refractivity contribution is 5.92. The van der Waals surface area contributed by atoms with Crippen molar-refractivity contribution >= 4 is 10.9 Å². The lowest BCUT2D eigenvalue weighted by atomic mass is 10.00. The van der Waals surface area contributed by atoms with Crippen LogP contribution in [-0.4, -0.2) is 23.6 Å². The predicted octanol–water partition coefficient (Wildman–Crippen LogP) is 3.83. The third kappa shape index (κ3) is 3.08. The first-order valence-electron chi connectivity index (χ1n) is 8.05. The molecule has 0 spiro atoms. The summed E-state index contributed by atoms with van der Waals surface area (Å²) in [6.07, 6.45) is 4.85. The van der Waals surface area contributed by atoms with Gasteiger partial charge in [-0.3, -0.25) is 0 Å². The van der Waals surface area contributed by atoms with Gasteiger partial charge in [0.2, 0.25) is 5.88 Å². The SMILES string of the molecule is COc1ncccc1-c1[nH]c2ccc(C)cc2c1CCCCN. The number of pyridine rings is 1. The van der Waals surface area contributed by atoms with Gasteiger partial charge in [0.05, 0.1) is 18.4 Å². The number of ether oxygens (including phenoxy) is 1. The van der Waals surface area contributed by atoms with Crippen LogP contribution in [0.3, 0.4) is 0 Å². The Morgan fingerprint density at radius 1 is 1.22 bits per heavy atom. The molecule has 0 saturated carbocycles. The third-order valence-corrected chi connectivity index (χ3v) is 4.18. The lowest BCUT2D eigenvalue weighted by molar-refractivity contribution is 0.399. The normalized spacial score (nSPS) is 11.1. The maximum absolute atomic E-state index is 5.66. The molecule has 3 aromatic rings. The van der Waals surface area contributed by atoms with Crippen LogP contribution in [0.4, 0.5) is 0 Å². The number of methoxy groups -OCH3 is 1. The van der Waals surface area contributed by atoms with Crippen molar-refractivity contribution < 1.29 is 4.74 Å². The molecule has 2 heterocycles. The van der Waals surface area contributed by atoms with Crippen LogP contribution in [0.25, 0.3) is 22.2 Å². The van der Waals surface area contributed by atoms with Crippen LogP contribution in [0.1, 0.15) is 24.0 Å². The van der Waals surface area contributed by atoms with Crippen LogP contribution in [0.2, 0.25) is 0 Å². The highest BCUT2D eigenvalue weighted by Crippen LogP contribution is 2.35. The van der Waals surface area contributed by atoms with Crippen molar-refractivity contribution in [3.05, 3.63) is 47.7 Å². The summed E-state index contributed by atoms with van der Waals surface area (Å²) in [5, 5.41) is 1.28. The molecular formula is C19H23N3O. The molecule has 120 valence electrons. The maximum Gasteiger partial charge on any atom is 0.222 e. The first-order valence-corrected chi connectivity index (χ1v) is 8.05. The molecule has 0 bridgehead atoms. The average molecular weight is 309 g/mol. The zero-order chi connectivity index (χ0) is 16.2. The number of unbranched alkanes of at least 4 members (excludes halogenated alkanes) is 1. The number of aromatic amines is 1. The van der Waals surface area contributed by atoms with Gasteiger partial charge in [-0.15, -0.1) is 0 Å². The van der Waals surface area contributed by atoms with Crippen molar-refractivity contribution in [2.24, 2.45) is 5.73 Å². The molecule has 23 heavy (non-hydrogen) atoms. The quantitative estimate of drug-likeness (QED) is 0.680. The van der Waals surface area contributed by atoms with E-state index in [2.05, 4.69) is 41.2 Å². The molecule has 0 amide bonds. The van der Waals surface area contributed by atoms with Crippen molar-refractivity contribution in [2.45, 2.75) is 26.2 Å². The number of fused-ring (bicyclic) bond motifs is 1. The Morgan fingerprint density at radius 3 is 2.87 bits per heavy atom. The molecule has 4 nitrogen and oxygen atoms in total. The topological polar surface area (TPSA) is 63.9 Å². The number of rotatable bonds is 6. The fourth-order valence-corrected chi connectivity index (χ4v) is 3.04. The summed E-state index contributed by atoms with van der Waals surface area (Å²) in [5.41, 5.74) is 11.5. The third-order valence-electron chi connectivity index (χ3n) is 4.18. The van der Waals surface area contributed by atoms with Gasteiger partial charge in [-0.2, -0.15) is 0 Å². The predicted molar refractivity (Wildman–Crippen MR) is 94.8 cm³/mol. The Balaban J connectivity index is 2.16. The Hall–Kier alpha value is -2.33. The molecular weight excluding hydrogens is 286 g/mol. The van der Waals surface area contributed by atoms with Crippen LogP contribution in [0.5, 0.6) is 5.88 Å². The molecule has 0 aliphatic carbocycles. The summed E-state index contributed by atoms with van der Waals surface area (Å²) >= 11 is 0. The van der Waals surface area contributed by atoms with Gasteiger partial charge in [-0.25, -0.2) is 4.98 Å². The minimum Gasteiger partial charge on any atom is -0.481 e. The molecule has 0 aliphatic heterocycles. The number of aryl methyl sites for hydroxylation is 2. The smallest absolute Gasteiger partial charge is 0.222 e. The van der Waals surface area contributed by atoms with Crippen molar-refractivity contribution in [3.63, 3.8) is 0 Å². The molecule has 4 heteroatoms. The monoisotopic (exact) mass is 309 g/mol. The van der Waals surface area contributed by atoms with Gasteiger partial charge in [0, 0.05) is 17.1 Å². The van der Waals surface area contributed by atoms with E-state index in [4.69, 9.17) is 10.5 Å². The number of hydrogen-bond acceptors (Lipinski definition) is 3. The number of nitrogens with zero attached hydrogens (tertiary/aromatic N) is 1. The van der Waals surface area contributed by atoms with Crippen LogP contribution >= 0.6 is 0 Å². The van der Waals surface area contributed by atoms with Crippen molar-refractivity contribution in [3.8, 4) is 17.1 Å². The molecule has 2 aromatic heterocycles. The van der Waals surface area contributed by atoms with Gasteiger partial charge in [0.25, 0.3) is 0 Å². The number of aromatic nitrogens is 2. The van der Waals surface area contributed by atoms with Crippen LogP contribution in [0.15, 0.2) is 36.5 Å². The van der Waals surface area contributed by atoms with E-state index < -0.39 is 0 Å². The summed E-state index contributed by atoms with van der Waals surface area (Å²) in [4.78, 5) is 7.89. The summed E-state index contributed by atoms with van der Waals surface area (Å²) in [7, 11) is 1.66. The fourth-order valence-electron chi connectivity index (χ4n) is 3.04. The van der Waals surface area contributed by atoms with Crippen molar-refractivity contribution in [1.82, 2.24) is 9.97 Å². The largest absolute Gasteiger partial charge is 0.481 e. The molecule has 0 unspecified atom stereocenters. The second kappa shape index (κ2) is 6.84. The number of benzene rings is 1. The fraction of sp³-hybridized carbons (Fsp3) is 0.316. The highest BCUT2D eigenvalue weighted by atomic mass is 16.5. The van der Waals surface area contributed by atoms with Gasteiger partial charge in [-0.05, 0) is 62.6 Å². The lowest BCUT2D eigenvalue weighted by Gasteiger charge is -2.08. The summed E-state index contributed by atoms with van der Waals surface area (Å²) in [6.45, 7) is 2.85. The van der Waals surface area contributed by atoms with E-state index in [0.717, 1.165) is 42.6 Å². The standard InChI is InChI=1S/C19H23N3O/c1-13-8-9-17-16(12-13)14(6-3-4-10-20)18(22-17)15-7-5-11-21-19(15)23-2/h5,7-9,11-12,22H,3-4,6,10,20H2,1-2H3. The zero-order valence-electron chi connectivity index (χ0n) is 13.7. The second-order valence-corrected chi connectivity index (χ2v) is 5.83. The minimum atomic E-state index is 0.649. The summed E-state index contributed by atoms with van der Waals surface area (Å²) in [6, 6.07) is 10.5. The molecule has 3 N–H and O–H groups in total. The Bertz CT molecular complexity index is 807. The van der Waals surface area contributed by atoms with Crippen LogP contribution in [-0.2, 0) is 6.42 Å². The van der Waals surface area contributed by atoms with E-state index in [9.17, 15) is 0 Å². The number of hydrogen-bond donors (Lipinski definition) is 2. The summed E-state index contributed by atoms with van der Waals surface area (Å²) < 4.78 is 5.45. The summed E-state index contributed by atoms with van der Waals surface area (Å²) in [5.74, 6) is 0.649. The minimum absolute atomic E-state index is 0.649. The first kappa shape index (κ1) is 15.6. The molecule has 3 rings (SSSR count). The van der Waals surface area contributed by atoms with E-state index in [0.29, 0.717) is 5.88 Å². The van der Waals surface area contributed by atoms with Gasteiger partial charge in [0.15, 0.2) is 0 Å². The second-order valence-electron chi connectivity index (χ2n) is 5.83. The maximum atomic E-state index is 5.66. The molecule has 0 aliphatic rings. The lowest BCUT2D eigenvalue weighted by Crippen LogP contribution is -1.99. The average Bonchev–Trinajstić information content (AvgIpc) is 2.93. The van der Waals surface area contributed by atoms with Gasteiger partial charge < -0.3 is 15.5 Å². The van der Waals surface area contributed by atoms with Crippen LogP contribution < -0.4 is 10.5 Å².